The number of amides is 2. The van der Waals surface area contributed by atoms with E-state index >= 15 is 0 Å². The summed E-state index contributed by atoms with van der Waals surface area (Å²) in [6, 6.07) is 6.99. The molecule has 4 aliphatic rings. The largest absolute Gasteiger partial charge is 0.464 e. The fourth-order valence-electron chi connectivity index (χ4n) is 9.40. The highest BCUT2D eigenvalue weighted by molar-refractivity contribution is 7.10. The van der Waals surface area contributed by atoms with E-state index in [0.29, 0.717) is 45.2 Å². The maximum Gasteiger partial charge on any atom is 0.324 e. The predicted molar refractivity (Wildman–Crippen MR) is 227 cm³/mol. The number of aryl methyl sites for hydroxylation is 1. The van der Waals surface area contributed by atoms with Crippen molar-refractivity contribution in [1.29, 1.82) is 0 Å². The van der Waals surface area contributed by atoms with Crippen LogP contribution in [-0.4, -0.2) is 87.9 Å². The number of thiazole rings is 1. The molecule has 0 spiro atoms. The molecule has 13 nitrogen and oxygen atoms in total. The van der Waals surface area contributed by atoms with Gasteiger partial charge in [-0.05, 0) is 94.6 Å². The van der Waals surface area contributed by atoms with Crippen molar-refractivity contribution in [1.82, 2.24) is 35.6 Å². The number of nitrogens with one attached hydrogen (secondary N) is 3. The standard InChI is InChI=1S/C45H59N7O6S/c1-8-51-36-12-11-28-18-30(36)32(40(51)31-19-29(22-47-39(31)27(4)57-7)45(56)13-15-46-16-14-45)21-44(5,6)24-58-43(55)33-10-9-17-52(50-33)42(54)34(20-37-48-35(28)23-59-37)49-41(53)38-25(2)26(38)3/h11-12,18-19,22-23,25-27,33-34,38,46,50,56H,8-10,13-17,20-21,24H2,1-7H3,(H,49,53)/t25-,26+,27-,33-,34-,38+/m0/s1. The summed E-state index contributed by atoms with van der Waals surface area (Å²) in [7, 11) is 1.69. The summed E-state index contributed by atoms with van der Waals surface area (Å²) in [5, 5.41) is 23.7. The van der Waals surface area contributed by atoms with Crippen LogP contribution in [-0.2, 0) is 48.8 Å². The van der Waals surface area contributed by atoms with Gasteiger partial charge >= 0.3 is 5.97 Å². The number of ether oxygens (including phenoxy) is 2. The van der Waals surface area contributed by atoms with Crippen LogP contribution in [0, 0.1) is 23.2 Å². The van der Waals surface area contributed by atoms with E-state index in [-0.39, 0.29) is 48.7 Å². The summed E-state index contributed by atoms with van der Waals surface area (Å²) in [4.78, 5) is 51.6. The minimum atomic E-state index is -1.01. The second-order valence-electron chi connectivity index (χ2n) is 18.0. The van der Waals surface area contributed by atoms with E-state index in [9.17, 15) is 19.5 Å². The topological polar surface area (TPSA) is 160 Å². The van der Waals surface area contributed by atoms with E-state index in [2.05, 4.69) is 79.5 Å². The molecule has 4 N–H and O–H groups in total. The Morgan fingerprint density at radius 2 is 1.93 bits per heavy atom. The van der Waals surface area contributed by atoms with E-state index in [1.807, 2.05) is 18.5 Å². The maximum absolute atomic E-state index is 14.2. The Bertz CT molecular complexity index is 2240. The molecule has 1 saturated carbocycles. The molecule has 3 aromatic heterocycles. The molecule has 0 unspecified atom stereocenters. The van der Waals surface area contributed by atoms with Crippen molar-refractivity contribution >= 4 is 40.0 Å². The lowest BCUT2D eigenvalue weighted by atomic mass is 9.82. The third-order valence-electron chi connectivity index (χ3n) is 13.3. The fourth-order valence-corrected chi connectivity index (χ4v) is 10.3. The van der Waals surface area contributed by atoms with Crippen LogP contribution in [0.4, 0.5) is 0 Å². The number of pyridine rings is 1. The lowest BCUT2D eigenvalue weighted by Gasteiger charge is -2.35. The van der Waals surface area contributed by atoms with E-state index in [1.54, 1.807) is 7.11 Å². The number of aliphatic hydroxyl groups is 1. The van der Waals surface area contributed by atoms with Crippen LogP contribution in [0.15, 0.2) is 35.8 Å². The van der Waals surface area contributed by atoms with Gasteiger partial charge in [-0.15, -0.1) is 11.3 Å². The highest BCUT2D eigenvalue weighted by Crippen LogP contribution is 2.46. The molecule has 8 rings (SSSR count). The first-order chi connectivity index (χ1) is 28.2. The number of carbonyl (C=O) groups excluding carboxylic acids is 3. The number of hydrogen-bond acceptors (Lipinski definition) is 11. The number of esters is 1. The van der Waals surface area contributed by atoms with Crippen molar-refractivity contribution in [3.05, 3.63) is 57.7 Å². The molecule has 3 aliphatic heterocycles. The van der Waals surface area contributed by atoms with E-state index < -0.39 is 29.1 Å². The highest BCUT2D eigenvalue weighted by Gasteiger charge is 2.49. The summed E-state index contributed by atoms with van der Waals surface area (Å²) in [5.74, 6) is -0.449. The van der Waals surface area contributed by atoms with Gasteiger partial charge in [0.2, 0.25) is 5.91 Å². The van der Waals surface area contributed by atoms with E-state index in [1.165, 1.54) is 16.3 Å². The van der Waals surface area contributed by atoms with Crippen LogP contribution in [0.5, 0.6) is 0 Å². The Hall–Kier alpha value is -4.21. The minimum absolute atomic E-state index is 0.125. The Morgan fingerprint density at radius 1 is 1.17 bits per heavy atom. The van der Waals surface area contributed by atoms with Crippen molar-refractivity contribution < 1.29 is 29.0 Å². The van der Waals surface area contributed by atoms with Crippen LogP contribution >= 0.6 is 11.3 Å². The lowest BCUT2D eigenvalue weighted by molar-refractivity contribution is -0.155. The number of rotatable bonds is 7. The Morgan fingerprint density at radius 3 is 2.64 bits per heavy atom. The van der Waals surface area contributed by atoms with E-state index in [0.717, 1.165) is 68.3 Å². The zero-order valence-corrected chi connectivity index (χ0v) is 36.2. The van der Waals surface area contributed by atoms with E-state index in [4.69, 9.17) is 19.4 Å². The quantitative estimate of drug-likeness (QED) is 0.171. The number of nitrogens with zero attached hydrogens (tertiary/aromatic N) is 4. The van der Waals surface area contributed by atoms with Gasteiger partial charge in [0.1, 0.15) is 12.1 Å². The Kier molecular flexibility index (Phi) is 11.5. The number of benzene rings is 1. The molecule has 59 heavy (non-hydrogen) atoms. The SMILES string of the molecule is CCn1c(-c2cc(C3(O)CCNCC3)cnc2[C@H](C)OC)c2c3cc(ccc31)-c1csc(n1)C[C@H](NC(=O)[C@H]1[C@H](C)[C@@H]1C)C(=O)N1CCC[C@H](N1)C(=O)OCC(C)(C)C2. The summed E-state index contributed by atoms with van der Waals surface area (Å²) in [6.45, 7) is 15.1. The molecule has 316 valence electrons. The van der Waals surface area contributed by atoms with Crippen LogP contribution in [0.2, 0.25) is 0 Å². The highest BCUT2D eigenvalue weighted by atomic mass is 32.1. The smallest absolute Gasteiger partial charge is 0.324 e. The maximum atomic E-state index is 14.2. The van der Waals surface area contributed by atoms with Gasteiger partial charge in [-0.2, -0.15) is 0 Å². The normalized spacial score (nSPS) is 26.2. The fraction of sp³-hybridized carbons (Fsp3) is 0.578. The third-order valence-corrected chi connectivity index (χ3v) is 14.2. The Balaban J connectivity index is 1.27. The summed E-state index contributed by atoms with van der Waals surface area (Å²) >= 11 is 1.47. The molecule has 1 aromatic carbocycles. The van der Waals surface area contributed by atoms with Gasteiger partial charge in [0.15, 0.2) is 0 Å². The van der Waals surface area contributed by atoms with Gasteiger partial charge in [-0.25, -0.2) is 10.4 Å². The Labute approximate surface area is 350 Å². The van der Waals surface area contributed by atoms with Crippen molar-refractivity contribution in [2.75, 3.05) is 33.4 Å². The number of fused-ring (bicyclic) bond motifs is 6. The van der Waals surface area contributed by atoms with Gasteiger partial charge in [0.25, 0.3) is 5.91 Å². The second-order valence-corrected chi connectivity index (χ2v) is 19.0. The number of carbonyl (C=O) groups is 3. The van der Waals surface area contributed by atoms with Crippen LogP contribution in [0.1, 0.15) is 95.2 Å². The van der Waals surface area contributed by atoms with Crippen LogP contribution in [0.3, 0.4) is 0 Å². The molecule has 2 amide bonds. The number of piperidine rings is 1. The predicted octanol–water partition coefficient (Wildman–Crippen LogP) is 5.68. The first kappa shape index (κ1) is 41.5. The lowest BCUT2D eigenvalue weighted by Crippen LogP contribution is -2.60. The molecule has 3 fully saturated rings. The summed E-state index contributed by atoms with van der Waals surface area (Å²) in [5.41, 5.74) is 8.96. The van der Waals surface area contributed by atoms with Gasteiger partial charge < -0.3 is 29.8 Å². The first-order valence-electron chi connectivity index (χ1n) is 21.3. The molecule has 6 heterocycles. The third kappa shape index (κ3) is 8.06. The summed E-state index contributed by atoms with van der Waals surface area (Å²) < 4.78 is 14.4. The molecule has 6 bridgehead atoms. The molecular weight excluding hydrogens is 767 g/mol. The molecular formula is C45H59N7O6S. The molecule has 0 radical (unpaired) electrons. The number of methoxy groups -OCH3 is 1. The molecule has 2 saturated heterocycles. The monoisotopic (exact) mass is 825 g/mol. The second kappa shape index (κ2) is 16.3. The van der Waals surface area contributed by atoms with Crippen LogP contribution in [0.25, 0.3) is 33.4 Å². The molecule has 4 aromatic rings. The van der Waals surface area contributed by atoms with Gasteiger partial charge in [-0.3, -0.25) is 24.4 Å². The van der Waals surface area contributed by atoms with Crippen LogP contribution < -0.4 is 16.1 Å². The number of hydrazine groups is 1. The number of hydrogen-bond donors (Lipinski definition) is 4. The molecule has 1 aliphatic carbocycles. The number of cyclic esters (lactones) is 1. The zero-order chi connectivity index (χ0) is 41.8. The number of aromatic nitrogens is 3. The minimum Gasteiger partial charge on any atom is -0.464 e. The first-order valence-corrected chi connectivity index (χ1v) is 22.2. The van der Waals surface area contributed by atoms with Crippen molar-refractivity contribution in [3.8, 4) is 22.5 Å². The molecule has 6 atom stereocenters. The molecule has 14 heteroatoms. The average Bonchev–Trinajstić information content (AvgIpc) is 3.50. The van der Waals surface area contributed by atoms with Gasteiger partial charge in [0, 0.05) is 77.1 Å². The van der Waals surface area contributed by atoms with Gasteiger partial charge in [-0.1, -0.05) is 33.8 Å². The zero-order valence-electron chi connectivity index (χ0n) is 35.4. The van der Waals surface area contributed by atoms with Crippen molar-refractivity contribution in [3.63, 3.8) is 0 Å². The summed E-state index contributed by atoms with van der Waals surface area (Å²) in [6.07, 6.45) is 4.58. The average molecular weight is 826 g/mol. The van der Waals surface area contributed by atoms with Gasteiger partial charge in [0.05, 0.1) is 40.4 Å². The van der Waals surface area contributed by atoms with Crippen molar-refractivity contribution in [2.24, 2.45) is 23.2 Å². The van der Waals surface area contributed by atoms with Crippen molar-refractivity contribution in [2.45, 2.75) is 110 Å².